The van der Waals surface area contributed by atoms with Gasteiger partial charge in [0.25, 0.3) is 0 Å². The lowest BCUT2D eigenvalue weighted by molar-refractivity contribution is 0.422. The van der Waals surface area contributed by atoms with E-state index in [9.17, 15) is 28.5 Å². The Labute approximate surface area is 336 Å². The number of aromatic nitrogens is 3. The van der Waals surface area contributed by atoms with Gasteiger partial charge >= 0.3 is 0 Å². The molecule has 6 rings (SSSR count). The molecule has 6 N–H and O–H groups in total. The highest BCUT2D eigenvalue weighted by Gasteiger charge is 2.14. The summed E-state index contributed by atoms with van der Waals surface area (Å²) >= 11 is 9.97. The predicted molar refractivity (Wildman–Crippen MR) is 216 cm³/mol. The molecule has 2 atom stereocenters. The number of hydrogen-bond acceptors (Lipinski definition) is 9. The SMILES string of the molecule is CC(Nc1cncc(Br)c1)c1cc(F)ccc1O.CCC(Nc1cncc(Br)c1)c1ccccc1O.Oc1c(F)cc(F)cc1CNc1cncc(Br)c1. The Balaban J connectivity index is 0.000000180. The molecule has 282 valence electrons. The lowest BCUT2D eigenvalue weighted by atomic mass is 10.0. The minimum atomic E-state index is -0.973. The number of phenolic OH excluding ortho intramolecular Hbond substituents is 3. The fourth-order valence-electron chi connectivity index (χ4n) is 5.02. The standard InChI is InChI=1S/C14H15BrN2O.C13H12BrFN2O.C12H9BrF2N2O/c1-2-13(12-5-3-4-6-14(12)18)17-11-7-10(15)8-16-9-11;1-8(12-5-10(15)2-3-13(12)18)17-11-4-9(14)6-16-7-11;13-8-2-10(6-16-5-8)17-4-7-1-9(14)3-11(15)12(7)18/h3-9,13,17-18H,2H2,1H3;2-8,17-18H,1H3;1-3,5-6,17-18H,4H2. The molecule has 0 fully saturated rings. The van der Waals surface area contributed by atoms with E-state index in [-0.39, 0.29) is 35.8 Å². The monoisotopic (exact) mass is 930 g/mol. The summed E-state index contributed by atoms with van der Waals surface area (Å²) in [5, 5.41) is 38.5. The molecule has 0 bridgehead atoms. The molecule has 0 aliphatic heterocycles. The lowest BCUT2D eigenvalue weighted by Gasteiger charge is -2.19. The van der Waals surface area contributed by atoms with Gasteiger partial charge in [-0.15, -0.1) is 0 Å². The molecule has 0 saturated heterocycles. The van der Waals surface area contributed by atoms with Gasteiger partial charge in [0, 0.05) is 61.3 Å². The van der Waals surface area contributed by atoms with Gasteiger partial charge in [0.1, 0.15) is 23.1 Å². The molecule has 3 aromatic carbocycles. The van der Waals surface area contributed by atoms with Crippen molar-refractivity contribution in [2.45, 2.75) is 38.9 Å². The summed E-state index contributed by atoms with van der Waals surface area (Å²) in [5.74, 6) is -2.23. The average Bonchev–Trinajstić information content (AvgIpc) is 3.13. The Morgan fingerprint density at radius 1 is 0.630 bits per heavy atom. The number of hydrogen-bond donors (Lipinski definition) is 6. The van der Waals surface area contributed by atoms with Crippen molar-refractivity contribution in [3.63, 3.8) is 0 Å². The zero-order valence-electron chi connectivity index (χ0n) is 28.9. The lowest BCUT2D eigenvalue weighted by Crippen LogP contribution is -2.10. The van der Waals surface area contributed by atoms with Crippen molar-refractivity contribution >= 4 is 64.9 Å². The molecule has 0 saturated carbocycles. The Bertz CT molecular complexity index is 2150. The number of aromatic hydroxyl groups is 3. The van der Waals surface area contributed by atoms with Gasteiger partial charge in [0.05, 0.1) is 47.7 Å². The van der Waals surface area contributed by atoms with Crippen LogP contribution in [0.15, 0.2) is 123 Å². The third-order valence-electron chi connectivity index (χ3n) is 7.61. The second kappa shape index (κ2) is 20.6. The molecular weight excluding hydrogens is 897 g/mol. The van der Waals surface area contributed by atoms with Gasteiger partial charge in [0.15, 0.2) is 11.6 Å². The first-order chi connectivity index (χ1) is 25.8. The zero-order valence-corrected chi connectivity index (χ0v) is 33.7. The largest absolute Gasteiger partial charge is 0.508 e. The van der Waals surface area contributed by atoms with Crippen LogP contribution in [0.2, 0.25) is 0 Å². The fraction of sp³-hybridized carbons (Fsp3) is 0.154. The molecule has 2 unspecified atom stereocenters. The smallest absolute Gasteiger partial charge is 0.168 e. The molecule has 9 nitrogen and oxygen atoms in total. The molecule has 0 amide bonds. The van der Waals surface area contributed by atoms with Crippen LogP contribution >= 0.6 is 47.8 Å². The molecule has 3 aromatic heterocycles. The normalized spacial score (nSPS) is 11.6. The van der Waals surface area contributed by atoms with Gasteiger partial charge in [-0.25, -0.2) is 13.2 Å². The van der Waals surface area contributed by atoms with E-state index in [1.807, 2.05) is 37.3 Å². The Hall–Kier alpha value is -4.86. The molecule has 6 aromatic rings. The molecule has 0 aliphatic carbocycles. The number of para-hydroxylation sites is 1. The van der Waals surface area contributed by atoms with Crippen LogP contribution < -0.4 is 16.0 Å². The molecule has 0 aliphatic rings. The molecule has 0 spiro atoms. The van der Waals surface area contributed by atoms with Crippen LogP contribution in [-0.4, -0.2) is 30.3 Å². The summed E-state index contributed by atoms with van der Waals surface area (Å²) in [6.07, 6.45) is 10.9. The van der Waals surface area contributed by atoms with Gasteiger partial charge in [-0.3, -0.25) is 15.0 Å². The van der Waals surface area contributed by atoms with Crippen LogP contribution in [0.1, 0.15) is 49.0 Å². The number of nitrogens with zero attached hydrogens (tertiary/aromatic N) is 3. The van der Waals surface area contributed by atoms with Crippen molar-refractivity contribution in [1.29, 1.82) is 0 Å². The van der Waals surface area contributed by atoms with Crippen molar-refractivity contribution < 1.29 is 28.5 Å². The average molecular weight is 933 g/mol. The van der Waals surface area contributed by atoms with Gasteiger partial charge in [0.2, 0.25) is 0 Å². The number of phenols is 3. The number of anilines is 3. The van der Waals surface area contributed by atoms with Crippen LogP contribution in [0.25, 0.3) is 0 Å². The van der Waals surface area contributed by atoms with E-state index in [2.05, 4.69) is 85.6 Å². The van der Waals surface area contributed by atoms with Crippen molar-refractivity contribution in [3.05, 3.63) is 158 Å². The topological polar surface area (TPSA) is 135 Å². The second-order valence-electron chi connectivity index (χ2n) is 11.7. The summed E-state index contributed by atoms with van der Waals surface area (Å²) in [6, 6.07) is 18.4. The van der Waals surface area contributed by atoms with Crippen molar-refractivity contribution in [2.75, 3.05) is 16.0 Å². The Morgan fingerprint density at radius 3 is 1.78 bits per heavy atom. The second-order valence-corrected chi connectivity index (χ2v) is 14.4. The Kier molecular flexibility index (Phi) is 15.9. The van der Waals surface area contributed by atoms with E-state index in [1.54, 1.807) is 49.3 Å². The molecule has 3 heterocycles. The van der Waals surface area contributed by atoms with E-state index in [1.165, 1.54) is 18.2 Å². The fourth-order valence-corrected chi connectivity index (χ4v) is 6.12. The summed E-state index contributed by atoms with van der Waals surface area (Å²) in [6.45, 7) is 4.02. The third-order valence-corrected chi connectivity index (χ3v) is 8.91. The van der Waals surface area contributed by atoms with Gasteiger partial charge in [-0.05, 0) is 110 Å². The first kappa shape index (κ1) is 41.9. The quantitative estimate of drug-likeness (QED) is 0.0794. The number of nitrogens with one attached hydrogen (secondary N) is 3. The zero-order chi connectivity index (χ0) is 39.2. The molecule has 0 radical (unpaired) electrons. The first-order valence-electron chi connectivity index (χ1n) is 16.3. The maximum absolute atomic E-state index is 13.2. The summed E-state index contributed by atoms with van der Waals surface area (Å²) < 4.78 is 41.8. The molecular formula is C39H36Br3F3N6O3. The van der Waals surface area contributed by atoms with Crippen LogP contribution in [0.4, 0.5) is 30.2 Å². The maximum atomic E-state index is 13.2. The highest BCUT2D eigenvalue weighted by atomic mass is 79.9. The van der Waals surface area contributed by atoms with E-state index >= 15 is 0 Å². The summed E-state index contributed by atoms with van der Waals surface area (Å²) in [5.41, 5.74) is 3.95. The minimum absolute atomic E-state index is 0.0688. The van der Waals surface area contributed by atoms with E-state index < -0.39 is 17.4 Å². The number of rotatable bonds is 10. The Morgan fingerprint density at radius 2 is 1.19 bits per heavy atom. The van der Waals surface area contributed by atoms with Gasteiger partial charge in [-0.2, -0.15) is 0 Å². The minimum Gasteiger partial charge on any atom is -0.508 e. The van der Waals surface area contributed by atoms with E-state index in [4.69, 9.17) is 0 Å². The maximum Gasteiger partial charge on any atom is 0.168 e. The number of benzene rings is 3. The van der Waals surface area contributed by atoms with E-state index in [0.29, 0.717) is 23.1 Å². The van der Waals surface area contributed by atoms with Crippen LogP contribution in [-0.2, 0) is 6.54 Å². The third kappa shape index (κ3) is 12.9. The number of halogens is 6. The van der Waals surface area contributed by atoms with Crippen LogP contribution in [0.5, 0.6) is 17.2 Å². The van der Waals surface area contributed by atoms with Gasteiger partial charge < -0.3 is 31.3 Å². The van der Waals surface area contributed by atoms with E-state index in [0.717, 1.165) is 42.8 Å². The predicted octanol–water partition coefficient (Wildman–Crippen LogP) is 11.4. The van der Waals surface area contributed by atoms with Crippen molar-refractivity contribution in [3.8, 4) is 17.2 Å². The van der Waals surface area contributed by atoms with Crippen LogP contribution in [0.3, 0.4) is 0 Å². The van der Waals surface area contributed by atoms with Gasteiger partial charge in [-0.1, -0.05) is 25.1 Å². The highest BCUT2D eigenvalue weighted by Crippen LogP contribution is 2.30. The number of pyridine rings is 3. The molecule has 15 heteroatoms. The summed E-state index contributed by atoms with van der Waals surface area (Å²) in [4.78, 5) is 12.1. The molecule has 54 heavy (non-hydrogen) atoms. The van der Waals surface area contributed by atoms with Crippen LogP contribution in [0, 0.1) is 17.5 Å². The van der Waals surface area contributed by atoms with Crippen molar-refractivity contribution in [2.24, 2.45) is 0 Å². The summed E-state index contributed by atoms with van der Waals surface area (Å²) in [7, 11) is 0. The van der Waals surface area contributed by atoms with Crippen molar-refractivity contribution in [1.82, 2.24) is 15.0 Å². The first-order valence-corrected chi connectivity index (χ1v) is 18.7. The highest BCUT2D eigenvalue weighted by molar-refractivity contribution is 9.11.